The second-order valence-electron chi connectivity index (χ2n) is 4.46. The van der Waals surface area contributed by atoms with E-state index in [4.69, 9.17) is 0 Å². The Hall–Kier alpha value is -2.10. The van der Waals surface area contributed by atoms with Gasteiger partial charge in [-0.25, -0.2) is 0 Å². The first-order valence-electron chi connectivity index (χ1n) is 6.32. The molecule has 1 aliphatic heterocycles. The molecule has 1 aromatic heterocycles. The first-order valence-corrected chi connectivity index (χ1v) is 6.32. The summed E-state index contributed by atoms with van der Waals surface area (Å²) in [7, 11) is 0. The highest BCUT2D eigenvalue weighted by molar-refractivity contribution is 5.56. The van der Waals surface area contributed by atoms with Crippen LogP contribution in [0.3, 0.4) is 0 Å². The summed E-state index contributed by atoms with van der Waals surface area (Å²) in [5, 5.41) is 11.7. The third-order valence-corrected chi connectivity index (χ3v) is 3.13. The van der Waals surface area contributed by atoms with E-state index < -0.39 is 0 Å². The number of nitrogens with one attached hydrogen (secondary N) is 1. The highest BCUT2D eigenvalue weighted by atomic mass is 15.3. The van der Waals surface area contributed by atoms with Crippen LogP contribution in [0.25, 0.3) is 0 Å². The lowest BCUT2D eigenvalue weighted by atomic mass is 10.3. The molecule has 1 aromatic carbocycles. The molecule has 0 saturated carbocycles. The molecule has 0 bridgehead atoms. The number of aromatic nitrogens is 2. The number of hydrogen-bond donors (Lipinski definition) is 1. The van der Waals surface area contributed by atoms with Crippen molar-refractivity contribution < 1.29 is 0 Å². The van der Waals surface area contributed by atoms with Crippen molar-refractivity contribution in [3.8, 4) is 0 Å². The van der Waals surface area contributed by atoms with E-state index in [9.17, 15) is 0 Å². The van der Waals surface area contributed by atoms with Gasteiger partial charge in [0, 0.05) is 18.8 Å². The van der Waals surface area contributed by atoms with E-state index in [0.717, 1.165) is 30.4 Å². The van der Waals surface area contributed by atoms with Crippen LogP contribution in [-0.2, 0) is 0 Å². The summed E-state index contributed by atoms with van der Waals surface area (Å²) >= 11 is 0. The average molecular weight is 240 g/mol. The average Bonchev–Trinajstić information content (AvgIpc) is 2.95. The Morgan fingerprint density at radius 1 is 0.889 bits per heavy atom. The van der Waals surface area contributed by atoms with Crippen LogP contribution in [0.2, 0.25) is 0 Å². The van der Waals surface area contributed by atoms with E-state index in [1.54, 1.807) is 0 Å². The van der Waals surface area contributed by atoms with Gasteiger partial charge in [-0.1, -0.05) is 18.2 Å². The van der Waals surface area contributed by atoms with Gasteiger partial charge in [-0.3, -0.25) is 0 Å². The zero-order valence-corrected chi connectivity index (χ0v) is 10.2. The van der Waals surface area contributed by atoms with Gasteiger partial charge in [0.2, 0.25) is 0 Å². The molecule has 4 nitrogen and oxygen atoms in total. The third-order valence-electron chi connectivity index (χ3n) is 3.13. The SMILES string of the molecule is c1ccc(Nc2ccc(N3CCCC3)nn2)cc1. The van der Waals surface area contributed by atoms with Crippen molar-refractivity contribution >= 4 is 17.3 Å². The van der Waals surface area contributed by atoms with E-state index in [-0.39, 0.29) is 0 Å². The summed E-state index contributed by atoms with van der Waals surface area (Å²) in [4.78, 5) is 2.28. The molecule has 1 saturated heterocycles. The Morgan fingerprint density at radius 3 is 2.33 bits per heavy atom. The molecule has 2 aromatic rings. The Kier molecular flexibility index (Phi) is 3.08. The van der Waals surface area contributed by atoms with Gasteiger partial charge < -0.3 is 10.2 Å². The molecule has 2 heterocycles. The first kappa shape index (κ1) is 11.0. The Morgan fingerprint density at radius 2 is 1.67 bits per heavy atom. The van der Waals surface area contributed by atoms with Crippen LogP contribution >= 0.6 is 0 Å². The lowest BCUT2D eigenvalue weighted by Crippen LogP contribution is -2.19. The minimum absolute atomic E-state index is 0.782. The van der Waals surface area contributed by atoms with Crippen molar-refractivity contribution in [3.63, 3.8) is 0 Å². The van der Waals surface area contributed by atoms with Gasteiger partial charge in [0.25, 0.3) is 0 Å². The van der Waals surface area contributed by atoms with Crippen molar-refractivity contribution in [2.45, 2.75) is 12.8 Å². The van der Waals surface area contributed by atoms with Gasteiger partial charge in [-0.15, -0.1) is 10.2 Å². The molecule has 0 atom stereocenters. The third kappa shape index (κ3) is 2.42. The molecular formula is C14H16N4. The topological polar surface area (TPSA) is 41.0 Å². The predicted molar refractivity (Wildman–Crippen MR) is 73.2 cm³/mol. The van der Waals surface area contributed by atoms with Crippen LogP contribution in [0.15, 0.2) is 42.5 Å². The first-order chi connectivity index (χ1) is 8.92. The minimum Gasteiger partial charge on any atom is -0.355 e. The van der Waals surface area contributed by atoms with Crippen molar-refractivity contribution in [1.82, 2.24) is 10.2 Å². The molecule has 1 fully saturated rings. The van der Waals surface area contributed by atoms with E-state index in [0.29, 0.717) is 0 Å². The van der Waals surface area contributed by atoms with Crippen LogP contribution in [-0.4, -0.2) is 23.3 Å². The van der Waals surface area contributed by atoms with E-state index >= 15 is 0 Å². The van der Waals surface area contributed by atoms with Crippen molar-refractivity contribution in [2.75, 3.05) is 23.3 Å². The Bertz CT molecular complexity index is 489. The largest absolute Gasteiger partial charge is 0.355 e. The number of hydrogen-bond acceptors (Lipinski definition) is 4. The van der Waals surface area contributed by atoms with E-state index in [2.05, 4.69) is 20.4 Å². The predicted octanol–water partition coefficient (Wildman–Crippen LogP) is 2.82. The van der Waals surface area contributed by atoms with E-state index in [1.807, 2.05) is 42.5 Å². The van der Waals surface area contributed by atoms with Crippen LogP contribution in [0, 0.1) is 0 Å². The van der Waals surface area contributed by atoms with Crippen molar-refractivity contribution in [3.05, 3.63) is 42.5 Å². The summed E-state index contributed by atoms with van der Waals surface area (Å²) in [6, 6.07) is 14.0. The van der Waals surface area contributed by atoms with Gasteiger partial charge in [0.15, 0.2) is 11.6 Å². The van der Waals surface area contributed by atoms with E-state index in [1.165, 1.54) is 12.8 Å². The summed E-state index contributed by atoms with van der Waals surface area (Å²) in [6.07, 6.45) is 2.51. The summed E-state index contributed by atoms with van der Waals surface area (Å²) in [6.45, 7) is 2.19. The molecule has 3 rings (SSSR count). The molecule has 18 heavy (non-hydrogen) atoms. The zero-order valence-electron chi connectivity index (χ0n) is 10.2. The fourth-order valence-corrected chi connectivity index (χ4v) is 2.18. The monoisotopic (exact) mass is 240 g/mol. The quantitative estimate of drug-likeness (QED) is 0.895. The fraction of sp³-hybridized carbons (Fsp3) is 0.286. The lowest BCUT2D eigenvalue weighted by molar-refractivity contribution is 0.896. The maximum Gasteiger partial charge on any atom is 0.153 e. The Balaban J connectivity index is 1.71. The fourth-order valence-electron chi connectivity index (χ4n) is 2.18. The maximum atomic E-state index is 4.27. The number of para-hydroxylation sites is 1. The van der Waals surface area contributed by atoms with Crippen LogP contribution in [0.1, 0.15) is 12.8 Å². The number of rotatable bonds is 3. The number of benzene rings is 1. The molecular weight excluding hydrogens is 224 g/mol. The summed E-state index contributed by atoms with van der Waals surface area (Å²) in [5.74, 6) is 1.76. The highest BCUT2D eigenvalue weighted by Gasteiger charge is 2.13. The molecule has 0 amide bonds. The minimum atomic E-state index is 0.782. The number of anilines is 3. The molecule has 0 radical (unpaired) electrons. The lowest BCUT2D eigenvalue weighted by Gasteiger charge is -2.15. The second-order valence-corrected chi connectivity index (χ2v) is 4.46. The number of nitrogens with zero attached hydrogens (tertiary/aromatic N) is 3. The molecule has 0 aliphatic carbocycles. The molecule has 1 aliphatic rings. The van der Waals surface area contributed by atoms with Gasteiger partial charge in [-0.2, -0.15) is 0 Å². The second kappa shape index (κ2) is 5.04. The standard InChI is InChI=1S/C14H16N4/c1-2-6-12(7-3-1)15-13-8-9-14(17-16-13)18-10-4-5-11-18/h1-3,6-9H,4-5,10-11H2,(H,15,16). The van der Waals surface area contributed by atoms with Gasteiger partial charge >= 0.3 is 0 Å². The van der Waals surface area contributed by atoms with Crippen LogP contribution in [0.5, 0.6) is 0 Å². The highest BCUT2D eigenvalue weighted by Crippen LogP contribution is 2.19. The van der Waals surface area contributed by atoms with Crippen LogP contribution < -0.4 is 10.2 Å². The Labute approximate surface area is 107 Å². The van der Waals surface area contributed by atoms with Gasteiger partial charge in [-0.05, 0) is 37.1 Å². The van der Waals surface area contributed by atoms with Crippen molar-refractivity contribution in [1.29, 1.82) is 0 Å². The summed E-state index contributed by atoms with van der Waals surface area (Å²) < 4.78 is 0. The normalized spacial score (nSPS) is 14.8. The molecule has 0 unspecified atom stereocenters. The molecule has 0 spiro atoms. The molecule has 92 valence electrons. The van der Waals surface area contributed by atoms with Crippen molar-refractivity contribution in [2.24, 2.45) is 0 Å². The van der Waals surface area contributed by atoms with Gasteiger partial charge in [0.1, 0.15) is 0 Å². The zero-order chi connectivity index (χ0) is 12.2. The summed E-state index contributed by atoms with van der Waals surface area (Å²) in [5.41, 5.74) is 1.03. The molecule has 4 heteroatoms. The molecule has 1 N–H and O–H groups in total. The van der Waals surface area contributed by atoms with Crippen LogP contribution in [0.4, 0.5) is 17.3 Å². The maximum absolute atomic E-state index is 4.27. The smallest absolute Gasteiger partial charge is 0.153 e. The van der Waals surface area contributed by atoms with Gasteiger partial charge in [0.05, 0.1) is 0 Å².